The molecule has 1 aromatic carbocycles. The van der Waals surface area contributed by atoms with Crippen molar-refractivity contribution in [1.82, 2.24) is 4.72 Å². The van der Waals surface area contributed by atoms with Gasteiger partial charge in [0.15, 0.2) is 0 Å². The first-order valence-electron chi connectivity index (χ1n) is 5.56. The number of carboxylic acid groups (broad SMARTS) is 1. The Morgan fingerprint density at radius 3 is 2.60 bits per heavy atom. The fraction of sp³-hybridized carbons (Fsp3) is 0.364. The van der Waals surface area contributed by atoms with E-state index in [9.17, 15) is 17.4 Å². The Hall–Kier alpha value is -0.960. The number of nitrogens with one attached hydrogen (secondary N) is 1. The maximum Gasteiger partial charge on any atom is 0.337 e. The Morgan fingerprint density at radius 1 is 1.45 bits per heavy atom. The summed E-state index contributed by atoms with van der Waals surface area (Å²) in [5, 5.41) is 8.66. The molecule has 9 heteroatoms. The Morgan fingerprint density at radius 2 is 2.10 bits per heavy atom. The van der Waals surface area contributed by atoms with Crippen molar-refractivity contribution in [2.24, 2.45) is 0 Å². The van der Waals surface area contributed by atoms with Crippen LogP contribution in [0.25, 0.3) is 0 Å². The lowest BCUT2D eigenvalue weighted by Crippen LogP contribution is -2.25. The fourth-order valence-electron chi connectivity index (χ4n) is 1.40. The fourth-order valence-corrected chi connectivity index (χ4v) is 3.38. The molecule has 0 aliphatic heterocycles. The molecule has 0 fully saturated rings. The zero-order chi connectivity index (χ0) is 15.3. The molecule has 0 saturated carbocycles. The summed E-state index contributed by atoms with van der Waals surface area (Å²) in [6, 6.07) is 3.40. The molecule has 112 valence electrons. The summed E-state index contributed by atoms with van der Waals surface area (Å²) in [5.41, 5.74) is -0.160. The van der Waals surface area contributed by atoms with Gasteiger partial charge in [0.25, 0.3) is 0 Å². The summed E-state index contributed by atoms with van der Waals surface area (Å²) in [6.45, 7) is 0.153. The van der Waals surface area contributed by atoms with Gasteiger partial charge >= 0.3 is 5.97 Å². The molecule has 1 unspecified atom stereocenters. The quantitative estimate of drug-likeness (QED) is 0.724. The zero-order valence-electron chi connectivity index (χ0n) is 10.6. The van der Waals surface area contributed by atoms with Crippen molar-refractivity contribution in [2.75, 3.05) is 18.6 Å². The van der Waals surface area contributed by atoms with Crippen LogP contribution < -0.4 is 4.72 Å². The molecule has 0 aliphatic carbocycles. The highest BCUT2D eigenvalue weighted by atomic mass is 35.5. The van der Waals surface area contributed by atoms with Crippen molar-refractivity contribution in [3.8, 4) is 0 Å². The van der Waals surface area contributed by atoms with Gasteiger partial charge in [0, 0.05) is 29.4 Å². The van der Waals surface area contributed by atoms with Gasteiger partial charge in [-0.25, -0.2) is 17.9 Å². The van der Waals surface area contributed by atoms with E-state index in [1.807, 2.05) is 0 Å². The van der Waals surface area contributed by atoms with E-state index in [0.717, 1.165) is 12.1 Å². The topological polar surface area (TPSA) is 101 Å². The number of carbonyl (C=O) groups is 1. The molecule has 1 rings (SSSR count). The highest BCUT2D eigenvalue weighted by Gasteiger charge is 2.17. The van der Waals surface area contributed by atoms with Crippen LogP contribution >= 0.6 is 11.6 Å². The maximum atomic E-state index is 11.9. The number of aromatic carboxylic acids is 1. The van der Waals surface area contributed by atoms with E-state index in [-0.39, 0.29) is 22.0 Å². The minimum absolute atomic E-state index is 0.106. The standard InChI is InChI=1S/C11H14ClNO5S2/c1-19(16)6-2-5-13-20(17,18)8-3-4-9(11(14)15)10(12)7-8/h3-4,7,13H,2,5-6H2,1H3,(H,14,15). The van der Waals surface area contributed by atoms with Crippen LogP contribution in [-0.4, -0.2) is 42.3 Å². The Balaban J connectivity index is 2.80. The molecule has 6 nitrogen and oxygen atoms in total. The minimum Gasteiger partial charge on any atom is -0.478 e. The van der Waals surface area contributed by atoms with Crippen LogP contribution in [0.4, 0.5) is 0 Å². The van der Waals surface area contributed by atoms with Crippen molar-refractivity contribution in [1.29, 1.82) is 0 Å². The van der Waals surface area contributed by atoms with E-state index in [1.54, 1.807) is 6.26 Å². The number of hydrogen-bond donors (Lipinski definition) is 2. The summed E-state index contributed by atoms with van der Waals surface area (Å²) in [7, 11) is -4.72. The molecule has 0 aliphatic rings. The highest BCUT2D eigenvalue weighted by Crippen LogP contribution is 2.20. The normalized spacial score (nSPS) is 13.1. The summed E-state index contributed by atoms with van der Waals surface area (Å²) >= 11 is 5.72. The van der Waals surface area contributed by atoms with Crippen LogP contribution in [0.3, 0.4) is 0 Å². The van der Waals surface area contributed by atoms with E-state index < -0.39 is 26.8 Å². The number of halogens is 1. The van der Waals surface area contributed by atoms with Gasteiger partial charge in [-0.15, -0.1) is 0 Å². The Labute approximate surface area is 124 Å². The number of sulfonamides is 1. The van der Waals surface area contributed by atoms with Crippen molar-refractivity contribution in [3.05, 3.63) is 28.8 Å². The van der Waals surface area contributed by atoms with E-state index in [0.29, 0.717) is 12.2 Å². The third-order valence-corrected chi connectivity index (χ3v) is 5.02. The van der Waals surface area contributed by atoms with E-state index >= 15 is 0 Å². The van der Waals surface area contributed by atoms with Gasteiger partial charge in [-0.05, 0) is 24.6 Å². The predicted molar refractivity (Wildman–Crippen MR) is 77.2 cm³/mol. The molecule has 0 spiro atoms. The smallest absolute Gasteiger partial charge is 0.337 e. The average molecular weight is 340 g/mol. The molecule has 1 aromatic rings. The van der Waals surface area contributed by atoms with Crippen LogP contribution in [0.1, 0.15) is 16.8 Å². The summed E-state index contributed by atoms with van der Waals surface area (Å²) in [5.74, 6) is -0.821. The van der Waals surface area contributed by atoms with Gasteiger partial charge in [-0.1, -0.05) is 11.6 Å². The van der Waals surface area contributed by atoms with E-state index in [2.05, 4.69) is 4.72 Å². The van der Waals surface area contributed by atoms with E-state index in [4.69, 9.17) is 16.7 Å². The first kappa shape index (κ1) is 17.1. The van der Waals surface area contributed by atoms with Crippen molar-refractivity contribution in [2.45, 2.75) is 11.3 Å². The molecular weight excluding hydrogens is 326 g/mol. The number of hydrogen-bond acceptors (Lipinski definition) is 4. The van der Waals surface area contributed by atoms with Gasteiger partial charge in [-0.2, -0.15) is 0 Å². The van der Waals surface area contributed by atoms with E-state index in [1.165, 1.54) is 6.07 Å². The maximum absolute atomic E-state index is 11.9. The number of benzene rings is 1. The van der Waals surface area contributed by atoms with Crippen LogP contribution in [0.2, 0.25) is 5.02 Å². The molecule has 2 N–H and O–H groups in total. The molecule has 0 saturated heterocycles. The monoisotopic (exact) mass is 339 g/mol. The Kier molecular flexibility index (Phi) is 6.12. The molecule has 20 heavy (non-hydrogen) atoms. The molecule has 0 aromatic heterocycles. The largest absolute Gasteiger partial charge is 0.478 e. The van der Waals surface area contributed by atoms with Gasteiger partial charge in [0.1, 0.15) is 0 Å². The first-order valence-corrected chi connectivity index (χ1v) is 9.15. The molecular formula is C11H14ClNO5S2. The molecule has 0 amide bonds. The van der Waals surface area contributed by atoms with Gasteiger partial charge in [0.05, 0.1) is 15.5 Å². The minimum atomic E-state index is -3.75. The third-order valence-electron chi connectivity index (χ3n) is 2.38. The summed E-state index contributed by atoms with van der Waals surface area (Å²) in [6.07, 6.45) is 1.99. The first-order chi connectivity index (χ1) is 9.24. The third kappa shape index (κ3) is 4.86. The molecule has 0 radical (unpaired) electrons. The van der Waals surface area contributed by atoms with Crippen molar-refractivity contribution < 1.29 is 22.5 Å². The van der Waals surface area contributed by atoms with Crippen LogP contribution in [-0.2, 0) is 20.8 Å². The molecule has 1 atom stereocenters. The second-order valence-electron chi connectivity index (χ2n) is 3.98. The Bertz CT molecular complexity index is 630. The molecule has 0 bridgehead atoms. The van der Waals surface area contributed by atoms with Crippen molar-refractivity contribution in [3.63, 3.8) is 0 Å². The SMILES string of the molecule is CS(=O)CCCNS(=O)(=O)c1ccc(C(=O)O)c(Cl)c1. The highest BCUT2D eigenvalue weighted by molar-refractivity contribution is 7.89. The molecule has 0 heterocycles. The lowest BCUT2D eigenvalue weighted by Gasteiger charge is -2.07. The average Bonchev–Trinajstić information content (AvgIpc) is 2.34. The summed E-state index contributed by atoms with van der Waals surface area (Å²) in [4.78, 5) is 10.7. The predicted octanol–water partition coefficient (Wildman–Crippen LogP) is 1.09. The zero-order valence-corrected chi connectivity index (χ0v) is 13.0. The van der Waals surface area contributed by atoms with Crippen LogP contribution in [0.15, 0.2) is 23.1 Å². The van der Waals surface area contributed by atoms with Gasteiger partial charge in [0.2, 0.25) is 10.0 Å². The summed E-state index contributed by atoms with van der Waals surface area (Å²) < 4.78 is 37.0. The van der Waals surface area contributed by atoms with Gasteiger partial charge in [-0.3, -0.25) is 4.21 Å². The van der Waals surface area contributed by atoms with Crippen LogP contribution in [0, 0.1) is 0 Å². The van der Waals surface area contributed by atoms with Gasteiger partial charge < -0.3 is 5.11 Å². The number of carboxylic acids is 1. The number of rotatable bonds is 7. The van der Waals surface area contributed by atoms with Crippen LogP contribution in [0.5, 0.6) is 0 Å². The lowest BCUT2D eigenvalue weighted by molar-refractivity contribution is 0.0697. The van der Waals surface area contributed by atoms with Crippen molar-refractivity contribution >= 4 is 38.4 Å². The second kappa shape index (κ2) is 7.16. The lowest BCUT2D eigenvalue weighted by atomic mass is 10.2. The second-order valence-corrected chi connectivity index (χ2v) is 7.70.